The first kappa shape index (κ1) is 13.5. The lowest BCUT2D eigenvalue weighted by molar-refractivity contribution is 0.185. The fraction of sp³-hybridized carbons (Fsp3) is 0.692. The van der Waals surface area contributed by atoms with Gasteiger partial charge in [-0.3, -0.25) is 4.90 Å². The third kappa shape index (κ3) is 4.36. The van der Waals surface area contributed by atoms with E-state index in [1.165, 1.54) is 41.0 Å². The molecule has 2 heterocycles. The number of halogens is 1. The summed E-state index contributed by atoms with van der Waals surface area (Å²) in [4.78, 5) is 4.04. The number of likely N-dealkylation sites (tertiary alicyclic amines) is 1. The molecule has 1 N–H and O–H groups in total. The van der Waals surface area contributed by atoms with E-state index >= 15 is 0 Å². The number of nitrogens with zero attached hydrogens (tertiary/aromatic N) is 1. The molecule has 0 amide bonds. The Hall–Kier alpha value is 0.1000. The van der Waals surface area contributed by atoms with Crippen molar-refractivity contribution in [1.29, 1.82) is 0 Å². The van der Waals surface area contributed by atoms with E-state index in [9.17, 15) is 0 Å². The molecule has 0 radical (unpaired) electrons. The molecule has 1 aromatic rings. The summed E-state index contributed by atoms with van der Waals surface area (Å²) in [6.07, 6.45) is 3.90. The normalized spacial score (nSPS) is 21.9. The van der Waals surface area contributed by atoms with E-state index in [1.807, 2.05) is 11.3 Å². The summed E-state index contributed by atoms with van der Waals surface area (Å²) in [5.41, 5.74) is 0. The van der Waals surface area contributed by atoms with E-state index in [0.717, 1.165) is 13.1 Å². The highest BCUT2D eigenvalue weighted by molar-refractivity contribution is 9.11. The summed E-state index contributed by atoms with van der Waals surface area (Å²) in [6, 6.07) is 5.08. The maximum absolute atomic E-state index is 3.64. The molecule has 96 valence electrons. The number of thiophene rings is 1. The molecule has 1 saturated heterocycles. The first-order chi connectivity index (χ1) is 8.28. The van der Waals surface area contributed by atoms with Gasteiger partial charge in [-0.2, -0.15) is 0 Å². The van der Waals surface area contributed by atoms with E-state index in [2.05, 4.69) is 45.2 Å². The second-order valence-electron chi connectivity index (χ2n) is 4.73. The molecule has 1 atom stereocenters. The summed E-state index contributed by atoms with van der Waals surface area (Å²) < 4.78 is 1.24. The van der Waals surface area contributed by atoms with Gasteiger partial charge in [-0.25, -0.2) is 0 Å². The third-order valence-electron chi connectivity index (χ3n) is 3.20. The number of rotatable bonds is 5. The molecular weight excluding hydrogens is 296 g/mol. The lowest BCUT2D eigenvalue weighted by Crippen LogP contribution is -2.45. The minimum absolute atomic E-state index is 0.701. The van der Waals surface area contributed by atoms with Crippen LogP contribution in [0.5, 0.6) is 0 Å². The average molecular weight is 317 g/mol. The molecule has 4 heteroatoms. The molecule has 1 fully saturated rings. The molecule has 0 aliphatic carbocycles. The van der Waals surface area contributed by atoms with Crippen molar-refractivity contribution < 1.29 is 0 Å². The Bertz CT molecular complexity index is 340. The highest BCUT2D eigenvalue weighted by Crippen LogP contribution is 2.24. The molecule has 0 spiro atoms. The Kier molecular flexibility index (Phi) is 5.48. The summed E-state index contributed by atoms with van der Waals surface area (Å²) in [5.74, 6) is 0. The molecule has 0 bridgehead atoms. The van der Waals surface area contributed by atoms with Crippen molar-refractivity contribution in [2.45, 2.75) is 38.8 Å². The van der Waals surface area contributed by atoms with Crippen LogP contribution in [0.4, 0.5) is 0 Å². The lowest BCUT2D eigenvalue weighted by atomic mass is 10.1. The van der Waals surface area contributed by atoms with Gasteiger partial charge in [0.1, 0.15) is 0 Å². The van der Waals surface area contributed by atoms with Crippen molar-refractivity contribution in [1.82, 2.24) is 10.2 Å². The van der Waals surface area contributed by atoms with Crippen LogP contribution < -0.4 is 5.32 Å². The second kappa shape index (κ2) is 6.88. The zero-order valence-corrected chi connectivity index (χ0v) is 12.8. The van der Waals surface area contributed by atoms with Crippen molar-refractivity contribution in [3.8, 4) is 0 Å². The molecule has 17 heavy (non-hydrogen) atoms. The Labute approximate surface area is 117 Å². The second-order valence-corrected chi connectivity index (χ2v) is 7.28. The SMILES string of the molecule is CCCNC1CCCN(Cc2ccc(Br)s2)C1. The van der Waals surface area contributed by atoms with Crippen LogP contribution in [0.1, 0.15) is 31.1 Å². The lowest BCUT2D eigenvalue weighted by Gasteiger charge is -2.32. The van der Waals surface area contributed by atoms with E-state index < -0.39 is 0 Å². The minimum Gasteiger partial charge on any atom is -0.313 e. The molecule has 1 aliphatic heterocycles. The van der Waals surface area contributed by atoms with Crippen LogP contribution in [0.3, 0.4) is 0 Å². The third-order valence-corrected chi connectivity index (χ3v) is 4.81. The number of hydrogen-bond acceptors (Lipinski definition) is 3. The van der Waals surface area contributed by atoms with Gasteiger partial charge in [0.05, 0.1) is 3.79 Å². The molecule has 1 aliphatic rings. The number of hydrogen-bond donors (Lipinski definition) is 1. The topological polar surface area (TPSA) is 15.3 Å². The molecule has 0 aromatic carbocycles. The van der Waals surface area contributed by atoms with Gasteiger partial charge in [-0.1, -0.05) is 6.92 Å². The predicted octanol–water partition coefficient (Wildman–Crippen LogP) is 3.47. The maximum atomic E-state index is 3.64. The van der Waals surface area contributed by atoms with Gasteiger partial charge >= 0.3 is 0 Å². The van der Waals surface area contributed by atoms with Crippen molar-refractivity contribution in [2.24, 2.45) is 0 Å². The monoisotopic (exact) mass is 316 g/mol. The van der Waals surface area contributed by atoms with Gasteiger partial charge in [0.25, 0.3) is 0 Å². The first-order valence-electron chi connectivity index (χ1n) is 6.48. The molecule has 2 rings (SSSR count). The van der Waals surface area contributed by atoms with Crippen LogP contribution >= 0.6 is 27.3 Å². The quantitative estimate of drug-likeness (QED) is 0.894. The standard InChI is InChI=1S/C13H21BrN2S/c1-2-7-15-11-4-3-8-16(9-11)10-12-5-6-13(14)17-12/h5-6,11,15H,2-4,7-10H2,1H3. The van der Waals surface area contributed by atoms with Gasteiger partial charge in [-0.05, 0) is 60.4 Å². The van der Waals surface area contributed by atoms with Crippen molar-refractivity contribution in [3.05, 3.63) is 20.8 Å². The zero-order chi connectivity index (χ0) is 12.1. The number of piperidine rings is 1. The van der Waals surface area contributed by atoms with Crippen molar-refractivity contribution >= 4 is 27.3 Å². The first-order valence-corrected chi connectivity index (χ1v) is 8.09. The average Bonchev–Trinajstić information content (AvgIpc) is 2.73. The highest BCUT2D eigenvalue weighted by Gasteiger charge is 2.19. The van der Waals surface area contributed by atoms with Gasteiger partial charge in [0.15, 0.2) is 0 Å². The Balaban J connectivity index is 1.80. The smallest absolute Gasteiger partial charge is 0.0701 e. The van der Waals surface area contributed by atoms with Crippen molar-refractivity contribution in [3.63, 3.8) is 0 Å². The molecule has 0 saturated carbocycles. The summed E-state index contributed by atoms with van der Waals surface area (Å²) >= 11 is 5.39. The van der Waals surface area contributed by atoms with Gasteiger partial charge < -0.3 is 5.32 Å². The van der Waals surface area contributed by atoms with Gasteiger partial charge in [-0.15, -0.1) is 11.3 Å². The molecule has 2 nitrogen and oxygen atoms in total. The fourth-order valence-electron chi connectivity index (χ4n) is 2.37. The van der Waals surface area contributed by atoms with E-state index in [4.69, 9.17) is 0 Å². The fourth-order valence-corrected chi connectivity index (χ4v) is 3.90. The zero-order valence-electron chi connectivity index (χ0n) is 10.4. The van der Waals surface area contributed by atoms with Gasteiger partial charge in [0.2, 0.25) is 0 Å². The van der Waals surface area contributed by atoms with E-state index in [-0.39, 0.29) is 0 Å². The van der Waals surface area contributed by atoms with Crippen LogP contribution in [0.2, 0.25) is 0 Å². The van der Waals surface area contributed by atoms with Crippen LogP contribution in [-0.2, 0) is 6.54 Å². The number of nitrogens with one attached hydrogen (secondary N) is 1. The maximum Gasteiger partial charge on any atom is 0.0701 e. The van der Waals surface area contributed by atoms with Crippen LogP contribution in [0.15, 0.2) is 15.9 Å². The summed E-state index contributed by atoms with van der Waals surface area (Å²) in [5, 5.41) is 3.64. The molecule has 1 aromatic heterocycles. The largest absolute Gasteiger partial charge is 0.313 e. The Morgan fingerprint density at radius 1 is 1.53 bits per heavy atom. The molecular formula is C13H21BrN2S. The van der Waals surface area contributed by atoms with Crippen LogP contribution in [-0.4, -0.2) is 30.6 Å². The summed E-state index contributed by atoms with van der Waals surface area (Å²) in [7, 11) is 0. The van der Waals surface area contributed by atoms with Crippen molar-refractivity contribution in [2.75, 3.05) is 19.6 Å². The minimum atomic E-state index is 0.701. The van der Waals surface area contributed by atoms with Crippen LogP contribution in [0.25, 0.3) is 0 Å². The Morgan fingerprint density at radius 2 is 2.41 bits per heavy atom. The highest BCUT2D eigenvalue weighted by atomic mass is 79.9. The van der Waals surface area contributed by atoms with Gasteiger partial charge in [0, 0.05) is 24.0 Å². The van der Waals surface area contributed by atoms with Crippen LogP contribution in [0, 0.1) is 0 Å². The molecule has 1 unspecified atom stereocenters. The Morgan fingerprint density at radius 3 is 3.12 bits per heavy atom. The summed E-state index contributed by atoms with van der Waals surface area (Å²) in [6.45, 7) is 6.95. The van der Waals surface area contributed by atoms with E-state index in [1.54, 1.807) is 0 Å². The predicted molar refractivity (Wildman–Crippen MR) is 78.6 cm³/mol. The van der Waals surface area contributed by atoms with E-state index in [0.29, 0.717) is 6.04 Å².